The van der Waals surface area contributed by atoms with Crippen molar-refractivity contribution in [1.29, 1.82) is 0 Å². The predicted octanol–water partition coefficient (Wildman–Crippen LogP) is 3.91. The Balaban J connectivity index is 1.98. The summed E-state index contributed by atoms with van der Waals surface area (Å²) in [4.78, 5) is 2.87. The average molecular weight is 299 g/mol. The average Bonchev–Trinajstić information content (AvgIpc) is 2.93. The molecule has 0 bridgehead atoms. The quantitative estimate of drug-likeness (QED) is 0.718. The van der Waals surface area contributed by atoms with Crippen LogP contribution < -0.4 is 5.32 Å². The van der Waals surface area contributed by atoms with Crippen molar-refractivity contribution < 1.29 is 0 Å². The smallest absolute Gasteiger partial charge is 0.0329 e. The Kier molecular flexibility index (Phi) is 6.25. The zero-order valence-corrected chi connectivity index (χ0v) is 14.7. The Labute approximate surface area is 130 Å². The number of hydrogen-bond donors (Lipinski definition) is 1. The first-order chi connectivity index (χ1) is 9.70. The summed E-state index contributed by atoms with van der Waals surface area (Å²) in [7, 11) is 0. The fourth-order valence-corrected chi connectivity index (χ4v) is 4.83. The molecular formula is C17H34N2S. The van der Waals surface area contributed by atoms with Gasteiger partial charge in [-0.3, -0.25) is 4.90 Å². The Morgan fingerprint density at radius 3 is 2.40 bits per heavy atom. The minimum atomic E-state index is 0.421. The Morgan fingerprint density at radius 2 is 1.80 bits per heavy atom. The van der Waals surface area contributed by atoms with Gasteiger partial charge in [-0.15, -0.1) is 0 Å². The highest BCUT2D eigenvalue weighted by molar-refractivity contribution is 7.99. The molecule has 1 aliphatic carbocycles. The van der Waals surface area contributed by atoms with Crippen LogP contribution in [0, 0.1) is 0 Å². The van der Waals surface area contributed by atoms with Crippen LogP contribution in [0.3, 0.4) is 0 Å². The number of piperazine rings is 1. The van der Waals surface area contributed by atoms with Crippen LogP contribution in [0.4, 0.5) is 0 Å². The van der Waals surface area contributed by atoms with E-state index in [2.05, 4.69) is 42.7 Å². The molecule has 118 valence electrons. The molecule has 0 radical (unpaired) electrons. The van der Waals surface area contributed by atoms with Gasteiger partial charge in [-0.25, -0.2) is 0 Å². The summed E-state index contributed by atoms with van der Waals surface area (Å²) in [6.45, 7) is 10.8. The van der Waals surface area contributed by atoms with Crippen molar-refractivity contribution in [3.8, 4) is 0 Å². The summed E-state index contributed by atoms with van der Waals surface area (Å²) in [5, 5.41) is 3.97. The van der Waals surface area contributed by atoms with Crippen LogP contribution in [0.5, 0.6) is 0 Å². The molecule has 1 N–H and O–H groups in total. The van der Waals surface area contributed by atoms with E-state index in [1.807, 2.05) is 0 Å². The van der Waals surface area contributed by atoms with E-state index in [-0.39, 0.29) is 0 Å². The number of nitrogens with one attached hydrogen (secondary N) is 1. The second-order valence-electron chi connectivity index (χ2n) is 6.74. The lowest BCUT2D eigenvalue weighted by Crippen LogP contribution is -2.69. The second-order valence-corrected chi connectivity index (χ2v) is 8.14. The van der Waals surface area contributed by atoms with E-state index >= 15 is 0 Å². The van der Waals surface area contributed by atoms with Gasteiger partial charge >= 0.3 is 0 Å². The van der Waals surface area contributed by atoms with Gasteiger partial charge in [-0.2, -0.15) is 11.8 Å². The molecule has 0 atom stereocenters. The van der Waals surface area contributed by atoms with Crippen LogP contribution in [0.15, 0.2) is 0 Å². The molecule has 2 fully saturated rings. The standard InChI is InChI=1S/C17H34N2S/c1-4-17(5-2)14-18-16(10-7-8-11-16)15-19(17)12-9-13-20-6-3/h18H,4-15H2,1-3H3. The highest BCUT2D eigenvalue weighted by Gasteiger charge is 2.46. The largest absolute Gasteiger partial charge is 0.308 e. The first-order valence-corrected chi connectivity index (χ1v) is 9.93. The summed E-state index contributed by atoms with van der Waals surface area (Å²) in [5.74, 6) is 2.59. The molecule has 0 aromatic heterocycles. The topological polar surface area (TPSA) is 15.3 Å². The van der Waals surface area contributed by atoms with Crippen molar-refractivity contribution in [2.45, 2.75) is 76.8 Å². The van der Waals surface area contributed by atoms with Gasteiger partial charge in [0, 0.05) is 24.2 Å². The van der Waals surface area contributed by atoms with Crippen molar-refractivity contribution >= 4 is 11.8 Å². The third-order valence-corrected chi connectivity index (χ3v) is 6.74. The monoisotopic (exact) mass is 298 g/mol. The van der Waals surface area contributed by atoms with E-state index in [4.69, 9.17) is 0 Å². The SMILES string of the molecule is CCSCCCN1CC2(CCCC2)NCC1(CC)CC. The van der Waals surface area contributed by atoms with Crippen molar-refractivity contribution in [1.82, 2.24) is 10.2 Å². The van der Waals surface area contributed by atoms with Gasteiger partial charge in [-0.1, -0.05) is 33.6 Å². The van der Waals surface area contributed by atoms with Gasteiger partial charge in [-0.05, 0) is 50.2 Å². The second kappa shape index (κ2) is 7.51. The van der Waals surface area contributed by atoms with Crippen LogP contribution in [-0.2, 0) is 0 Å². The van der Waals surface area contributed by atoms with Gasteiger partial charge in [0.15, 0.2) is 0 Å². The van der Waals surface area contributed by atoms with E-state index in [1.165, 1.54) is 76.1 Å². The summed E-state index contributed by atoms with van der Waals surface area (Å²) in [6.07, 6.45) is 9.58. The molecule has 0 aromatic rings. The first-order valence-electron chi connectivity index (χ1n) is 8.78. The predicted molar refractivity (Wildman–Crippen MR) is 91.7 cm³/mol. The first kappa shape index (κ1) is 16.6. The molecule has 3 heteroatoms. The van der Waals surface area contributed by atoms with Crippen LogP contribution >= 0.6 is 11.8 Å². The van der Waals surface area contributed by atoms with Gasteiger partial charge in [0.25, 0.3) is 0 Å². The van der Waals surface area contributed by atoms with Crippen molar-refractivity contribution in [2.24, 2.45) is 0 Å². The van der Waals surface area contributed by atoms with Crippen LogP contribution in [0.25, 0.3) is 0 Å². The maximum atomic E-state index is 3.97. The number of hydrogen-bond acceptors (Lipinski definition) is 3. The normalized spacial score (nSPS) is 25.4. The lowest BCUT2D eigenvalue weighted by molar-refractivity contribution is 0.000286. The summed E-state index contributed by atoms with van der Waals surface area (Å²) >= 11 is 2.09. The number of thioether (sulfide) groups is 1. The lowest BCUT2D eigenvalue weighted by Gasteiger charge is -2.54. The molecule has 0 aromatic carbocycles. The summed E-state index contributed by atoms with van der Waals surface area (Å²) < 4.78 is 0. The maximum absolute atomic E-state index is 3.97. The van der Waals surface area contributed by atoms with Gasteiger partial charge in [0.05, 0.1) is 0 Å². The van der Waals surface area contributed by atoms with E-state index in [0.717, 1.165) is 0 Å². The minimum absolute atomic E-state index is 0.421. The van der Waals surface area contributed by atoms with E-state index in [0.29, 0.717) is 11.1 Å². The van der Waals surface area contributed by atoms with Gasteiger partial charge in [0.1, 0.15) is 0 Å². The zero-order valence-electron chi connectivity index (χ0n) is 13.8. The molecule has 20 heavy (non-hydrogen) atoms. The molecular weight excluding hydrogens is 264 g/mol. The van der Waals surface area contributed by atoms with Crippen molar-refractivity contribution in [3.05, 3.63) is 0 Å². The van der Waals surface area contributed by atoms with Crippen LogP contribution in [-0.4, -0.2) is 47.1 Å². The Hall–Kier alpha value is 0.270. The van der Waals surface area contributed by atoms with E-state index in [9.17, 15) is 0 Å². The molecule has 1 spiro atoms. The molecule has 2 aliphatic rings. The molecule has 0 unspecified atom stereocenters. The zero-order chi connectivity index (χ0) is 14.5. The van der Waals surface area contributed by atoms with Gasteiger partial charge < -0.3 is 5.32 Å². The third-order valence-electron chi connectivity index (χ3n) is 5.75. The Morgan fingerprint density at radius 1 is 1.10 bits per heavy atom. The summed E-state index contributed by atoms with van der Waals surface area (Å²) in [5.41, 5.74) is 0.885. The Bertz CT molecular complexity index is 283. The van der Waals surface area contributed by atoms with Gasteiger partial charge in [0.2, 0.25) is 0 Å². The molecule has 2 rings (SSSR count). The van der Waals surface area contributed by atoms with Crippen molar-refractivity contribution in [2.75, 3.05) is 31.1 Å². The molecule has 0 amide bonds. The highest BCUT2D eigenvalue weighted by atomic mass is 32.2. The molecule has 1 saturated heterocycles. The summed E-state index contributed by atoms with van der Waals surface area (Å²) in [6, 6.07) is 0. The number of rotatable bonds is 7. The van der Waals surface area contributed by atoms with E-state index < -0.39 is 0 Å². The molecule has 1 saturated carbocycles. The lowest BCUT2D eigenvalue weighted by atomic mass is 9.82. The minimum Gasteiger partial charge on any atom is -0.308 e. The maximum Gasteiger partial charge on any atom is 0.0329 e. The van der Waals surface area contributed by atoms with Crippen molar-refractivity contribution in [3.63, 3.8) is 0 Å². The fraction of sp³-hybridized carbons (Fsp3) is 1.00. The van der Waals surface area contributed by atoms with Crippen LogP contribution in [0.2, 0.25) is 0 Å². The highest BCUT2D eigenvalue weighted by Crippen LogP contribution is 2.38. The molecule has 1 heterocycles. The van der Waals surface area contributed by atoms with Crippen LogP contribution in [0.1, 0.15) is 65.7 Å². The van der Waals surface area contributed by atoms with E-state index in [1.54, 1.807) is 0 Å². The molecule has 2 nitrogen and oxygen atoms in total. The number of nitrogens with zero attached hydrogens (tertiary/aromatic N) is 1. The fourth-order valence-electron chi connectivity index (χ4n) is 4.20. The third kappa shape index (κ3) is 3.53. The molecule has 1 aliphatic heterocycles.